The highest BCUT2D eigenvalue weighted by Crippen LogP contribution is 2.37. The molecule has 0 amide bonds. The van der Waals surface area contributed by atoms with Crippen molar-refractivity contribution in [3.05, 3.63) is 32.8 Å². The summed E-state index contributed by atoms with van der Waals surface area (Å²) in [5, 5.41) is 11.0. The summed E-state index contributed by atoms with van der Waals surface area (Å²) in [7, 11) is 1.93. The Labute approximate surface area is 86.2 Å². The van der Waals surface area contributed by atoms with Crippen molar-refractivity contribution in [3.8, 4) is 0 Å². The summed E-state index contributed by atoms with van der Waals surface area (Å²) in [5.74, 6) is 0. The van der Waals surface area contributed by atoms with Gasteiger partial charge in [0.1, 0.15) is 0 Å². The van der Waals surface area contributed by atoms with Crippen molar-refractivity contribution in [2.45, 2.75) is 6.42 Å². The van der Waals surface area contributed by atoms with Gasteiger partial charge in [0.15, 0.2) is 0 Å². The second kappa shape index (κ2) is 3.13. The Morgan fingerprint density at radius 3 is 2.93 bits per heavy atom. The number of non-ortho nitro benzene ring substituents is 1. The number of likely N-dealkylation sites (N-methyl/N-ethyl adjacent to an activating group) is 1. The van der Waals surface area contributed by atoms with Crippen molar-refractivity contribution in [1.29, 1.82) is 0 Å². The average Bonchev–Trinajstić information content (AvgIpc) is 2.48. The Kier molecular flexibility index (Phi) is 2.07. The van der Waals surface area contributed by atoms with Gasteiger partial charge in [0.2, 0.25) is 0 Å². The van der Waals surface area contributed by atoms with E-state index < -0.39 is 4.92 Å². The van der Waals surface area contributed by atoms with E-state index in [1.54, 1.807) is 6.07 Å². The van der Waals surface area contributed by atoms with Gasteiger partial charge >= 0.3 is 0 Å². The van der Waals surface area contributed by atoms with Gasteiger partial charge in [-0.15, -0.1) is 0 Å². The molecule has 1 aliphatic heterocycles. The highest BCUT2D eigenvalue weighted by atomic mass is 35.5. The number of anilines is 1. The topological polar surface area (TPSA) is 46.4 Å². The van der Waals surface area contributed by atoms with Crippen LogP contribution in [-0.2, 0) is 6.42 Å². The van der Waals surface area contributed by atoms with E-state index >= 15 is 0 Å². The van der Waals surface area contributed by atoms with E-state index in [2.05, 4.69) is 0 Å². The minimum Gasteiger partial charge on any atom is -0.373 e. The first-order chi connectivity index (χ1) is 6.59. The quantitative estimate of drug-likeness (QED) is 0.530. The number of fused-ring (bicyclic) bond motifs is 1. The fraction of sp³-hybridized carbons (Fsp3) is 0.333. The van der Waals surface area contributed by atoms with Gasteiger partial charge in [-0.05, 0) is 12.0 Å². The number of hydrogen-bond acceptors (Lipinski definition) is 3. The highest BCUT2D eigenvalue weighted by Gasteiger charge is 2.22. The molecule has 0 atom stereocenters. The Bertz CT molecular complexity index is 406. The van der Waals surface area contributed by atoms with E-state index in [1.807, 2.05) is 11.9 Å². The standard InChI is InChI=1S/C9H9ClN2O2/c1-11-3-2-6-4-7(12(13)14)5-8(10)9(6)11/h4-5H,2-3H2,1H3. The first kappa shape index (κ1) is 9.27. The van der Waals surface area contributed by atoms with E-state index in [0.29, 0.717) is 5.02 Å². The molecule has 1 aromatic rings. The minimum atomic E-state index is -0.412. The second-order valence-electron chi connectivity index (χ2n) is 3.36. The van der Waals surface area contributed by atoms with Gasteiger partial charge in [-0.2, -0.15) is 0 Å². The van der Waals surface area contributed by atoms with Crippen LogP contribution in [0.3, 0.4) is 0 Å². The van der Waals surface area contributed by atoms with Crippen LogP contribution in [0, 0.1) is 10.1 Å². The van der Waals surface area contributed by atoms with Crippen LogP contribution in [0.5, 0.6) is 0 Å². The predicted octanol–water partition coefficient (Wildman–Crippen LogP) is 2.24. The zero-order valence-corrected chi connectivity index (χ0v) is 8.41. The first-order valence-electron chi connectivity index (χ1n) is 4.27. The molecule has 1 heterocycles. The van der Waals surface area contributed by atoms with E-state index in [-0.39, 0.29) is 5.69 Å². The molecule has 0 aliphatic carbocycles. The monoisotopic (exact) mass is 212 g/mol. The molecule has 74 valence electrons. The van der Waals surface area contributed by atoms with E-state index in [4.69, 9.17) is 11.6 Å². The van der Waals surface area contributed by atoms with Crippen LogP contribution in [0.4, 0.5) is 11.4 Å². The Hall–Kier alpha value is -1.29. The number of nitro groups is 1. The fourth-order valence-electron chi connectivity index (χ4n) is 1.76. The zero-order valence-electron chi connectivity index (χ0n) is 7.66. The molecule has 4 nitrogen and oxygen atoms in total. The smallest absolute Gasteiger partial charge is 0.271 e. The second-order valence-corrected chi connectivity index (χ2v) is 3.77. The largest absolute Gasteiger partial charge is 0.373 e. The zero-order chi connectivity index (χ0) is 10.3. The van der Waals surface area contributed by atoms with E-state index in [1.165, 1.54) is 6.07 Å². The van der Waals surface area contributed by atoms with Gasteiger partial charge in [-0.1, -0.05) is 11.6 Å². The summed E-state index contributed by atoms with van der Waals surface area (Å²) >= 11 is 5.97. The molecule has 1 aromatic carbocycles. The molecular formula is C9H9ClN2O2. The van der Waals surface area contributed by atoms with Crippen LogP contribution < -0.4 is 4.90 Å². The molecule has 1 aliphatic rings. The molecule has 0 bridgehead atoms. The Balaban J connectivity index is 2.57. The lowest BCUT2D eigenvalue weighted by atomic mass is 10.1. The van der Waals surface area contributed by atoms with E-state index in [9.17, 15) is 10.1 Å². The molecule has 0 saturated heterocycles. The maximum absolute atomic E-state index is 10.6. The van der Waals surface area contributed by atoms with Gasteiger partial charge in [0.05, 0.1) is 15.6 Å². The molecule has 14 heavy (non-hydrogen) atoms. The third-order valence-electron chi connectivity index (χ3n) is 2.44. The summed E-state index contributed by atoms with van der Waals surface area (Å²) in [6.45, 7) is 0.871. The van der Waals surface area contributed by atoms with Gasteiger partial charge in [-0.25, -0.2) is 0 Å². The molecule has 0 fully saturated rings. The molecular weight excluding hydrogens is 204 g/mol. The lowest BCUT2D eigenvalue weighted by molar-refractivity contribution is -0.384. The van der Waals surface area contributed by atoms with Gasteiger partial charge in [0, 0.05) is 25.7 Å². The number of nitrogens with zero attached hydrogens (tertiary/aromatic N) is 2. The third kappa shape index (κ3) is 1.32. The van der Waals surface area contributed by atoms with Crippen molar-refractivity contribution in [3.63, 3.8) is 0 Å². The number of benzene rings is 1. The van der Waals surface area contributed by atoms with Crippen LogP contribution in [-0.4, -0.2) is 18.5 Å². The summed E-state index contributed by atoms with van der Waals surface area (Å²) < 4.78 is 0. The number of hydrogen-bond donors (Lipinski definition) is 0. The van der Waals surface area contributed by atoms with Crippen LogP contribution >= 0.6 is 11.6 Å². The molecule has 2 rings (SSSR count). The van der Waals surface area contributed by atoms with Crippen molar-refractivity contribution >= 4 is 23.0 Å². The van der Waals surface area contributed by atoms with Crippen LogP contribution in [0.1, 0.15) is 5.56 Å². The van der Waals surface area contributed by atoms with Crippen molar-refractivity contribution in [1.82, 2.24) is 0 Å². The molecule has 0 saturated carbocycles. The summed E-state index contributed by atoms with van der Waals surface area (Å²) in [5.41, 5.74) is 1.97. The number of rotatable bonds is 1. The molecule has 0 unspecified atom stereocenters. The lowest BCUT2D eigenvalue weighted by Crippen LogP contribution is -2.12. The maximum Gasteiger partial charge on any atom is 0.271 e. The maximum atomic E-state index is 10.6. The third-order valence-corrected chi connectivity index (χ3v) is 2.72. The van der Waals surface area contributed by atoms with Gasteiger partial charge in [-0.3, -0.25) is 10.1 Å². The van der Waals surface area contributed by atoms with Crippen LogP contribution in [0.2, 0.25) is 5.02 Å². The van der Waals surface area contributed by atoms with Crippen molar-refractivity contribution < 1.29 is 4.92 Å². The highest BCUT2D eigenvalue weighted by molar-refractivity contribution is 6.33. The van der Waals surface area contributed by atoms with Gasteiger partial charge < -0.3 is 4.90 Å². The van der Waals surface area contributed by atoms with Gasteiger partial charge in [0.25, 0.3) is 5.69 Å². The summed E-state index contributed by atoms with van der Waals surface area (Å²) in [6.07, 6.45) is 0.827. The number of halogens is 1. The van der Waals surface area contributed by atoms with Crippen molar-refractivity contribution in [2.75, 3.05) is 18.5 Å². The first-order valence-corrected chi connectivity index (χ1v) is 4.65. The fourth-order valence-corrected chi connectivity index (χ4v) is 2.14. The molecule has 0 spiro atoms. The molecule has 0 N–H and O–H groups in total. The van der Waals surface area contributed by atoms with E-state index in [0.717, 1.165) is 24.2 Å². The summed E-state index contributed by atoms with van der Waals surface area (Å²) in [4.78, 5) is 12.2. The lowest BCUT2D eigenvalue weighted by Gasteiger charge is -2.12. The Morgan fingerprint density at radius 1 is 1.57 bits per heavy atom. The predicted molar refractivity (Wildman–Crippen MR) is 55.1 cm³/mol. The normalized spacial score (nSPS) is 14.3. The SMILES string of the molecule is CN1CCc2cc([N+](=O)[O-])cc(Cl)c21. The molecule has 0 aromatic heterocycles. The van der Waals surface area contributed by atoms with Crippen molar-refractivity contribution in [2.24, 2.45) is 0 Å². The summed E-state index contributed by atoms with van der Waals surface area (Å²) in [6, 6.07) is 3.01. The minimum absolute atomic E-state index is 0.0732. The van der Waals surface area contributed by atoms with Crippen LogP contribution in [0.25, 0.3) is 0 Å². The Morgan fingerprint density at radius 2 is 2.29 bits per heavy atom. The molecule has 0 radical (unpaired) electrons. The average molecular weight is 213 g/mol. The van der Waals surface area contributed by atoms with Crippen LogP contribution in [0.15, 0.2) is 12.1 Å². The molecule has 5 heteroatoms. The number of nitro benzene ring substituents is 1.